The molecule has 0 aromatic heterocycles. The molecule has 0 bridgehead atoms. The summed E-state index contributed by atoms with van der Waals surface area (Å²) in [4.78, 5) is 0. The fourth-order valence-electron chi connectivity index (χ4n) is 1.44. The second kappa shape index (κ2) is 5.17. The molecule has 0 spiro atoms. The van der Waals surface area contributed by atoms with E-state index < -0.39 is 8.32 Å². The van der Waals surface area contributed by atoms with E-state index in [-0.39, 0.29) is 6.10 Å². The molecule has 0 heterocycles. The molecule has 0 amide bonds. The van der Waals surface area contributed by atoms with Crippen molar-refractivity contribution in [3.63, 3.8) is 0 Å². The molecule has 0 aliphatic carbocycles. The minimum absolute atomic E-state index is 0.0102. The molecular formula is C13H19ClOSi. The molecule has 1 nitrogen and oxygen atoms in total. The summed E-state index contributed by atoms with van der Waals surface area (Å²) in [6, 6.07) is 7.78. The third kappa shape index (κ3) is 4.12. The van der Waals surface area contributed by atoms with Crippen molar-refractivity contribution in [1.29, 1.82) is 0 Å². The Balaban J connectivity index is 2.94. The lowest BCUT2D eigenvalue weighted by Crippen LogP contribution is -2.28. The Morgan fingerprint density at radius 3 is 2.12 bits per heavy atom. The van der Waals surface area contributed by atoms with Crippen molar-refractivity contribution in [2.45, 2.75) is 32.7 Å². The zero-order valence-corrected chi connectivity index (χ0v) is 12.1. The molecular weight excluding hydrogens is 236 g/mol. The van der Waals surface area contributed by atoms with Crippen LogP contribution in [0.1, 0.15) is 18.6 Å². The van der Waals surface area contributed by atoms with Gasteiger partial charge in [-0.1, -0.05) is 30.3 Å². The Labute approximate surface area is 104 Å². The molecule has 1 unspecified atom stereocenters. The zero-order valence-electron chi connectivity index (χ0n) is 10.4. The molecule has 0 N–H and O–H groups in total. The summed E-state index contributed by atoms with van der Waals surface area (Å²) in [5.41, 5.74) is 2.16. The van der Waals surface area contributed by atoms with E-state index in [1.54, 1.807) is 0 Å². The van der Waals surface area contributed by atoms with Crippen molar-refractivity contribution in [3.05, 3.63) is 47.0 Å². The topological polar surface area (TPSA) is 9.23 Å². The summed E-state index contributed by atoms with van der Waals surface area (Å²) in [6.45, 7) is 12.5. The van der Waals surface area contributed by atoms with E-state index in [9.17, 15) is 0 Å². The third-order valence-corrected chi connectivity index (χ3v) is 3.29. The molecule has 3 heteroatoms. The molecule has 0 aliphatic rings. The molecule has 88 valence electrons. The monoisotopic (exact) mass is 254 g/mol. The lowest BCUT2D eigenvalue weighted by molar-refractivity contribution is 0.236. The van der Waals surface area contributed by atoms with Crippen molar-refractivity contribution in [1.82, 2.24) is 0 Å². The van der Waals surface area contributed by atoms with Crippen LogP contribution in [0.25, 0.3) is 0 Å². The lowest BCUT2D eigenvalue weighted by Gasteiger charge is -2.27. The number of halogens is 1. The van der Waals surface area contributed by atoms with Crippen molar-refractivity contribution < 1.29 is 4.43 Å². The van der Waals surface area contributed by atoms with Gasteiger partial charge < -0.3 is 4.43 Å². The van der Waals surface area contributed by atoms with Crippen molar-refractivity contribution in [2.75, 3.05) is 0 Å². The minimum atomic E-state index is -1.57. The molecule has 16 heavy (non-hydrogen) atoms. The van der Waals surface area contributed by atoms with E-state index >= 15 is 0 Å². The molecule has 1 rings (SSSR count). The van der Waals surface area contributed by atoms with E-state index in [0.29, 0.717) is 0 Å². The zero-order chi connectivity index (χ0) is 12.3. The fourth-order valence-corrected chi connectivity index (χ4v) is 2.61. The van der Waals surface area contributed by atoms with Gasteiger partial charge in [0.15, 0.2) is 8.32 Å². The van der Waals surface area contributed by atoms with Gasteiger partial charge in [0.2, 0.25) is 0 Å². The summed E-state index contributed by atoms with van der Waals surface area (Å²) in [5, 5.41) is 0.747. The maximum absolute atomic E-state index is 6.12. The molecule has 0 saturated heterocycles. The van der Waals surface area contributed by atoms with Gasteiger partial charge in [-0.3, -0.25) is 0 Å². The van der Waals surface area contributed by atoms with E-state index in [2.05, 4.69) is 26.2 Å². The first-order chi connectivity index (χ1) is 7.29. The second-order valence-electron chi connectivity index (χ2n) is 5.01. The summed E-state index contributed by atoms with van der Waals surface area (Å²) >= 11 is 5.87. The number of hydrogen-bond acceptors (Lipinski definition) is 1. The molecule has 1 aromatic rings. The smallest absolute Gasteiger partial charge is 0.185 e. The minimum Gasteiger partial charge on any atom is -0.407 e. The van der Waals surface area contributed by atoms with Gasteiger partial charge in [0.25, 0.3) is 0 Å². The Morgan fingerprint density at radius 2 is 1.75 bits per heavy atom. The molecule has 1 aromatic carbocycles. The number of rotatable bonds is 4. The first-order valence-corrected chi connectivity index (χ1v) is 9.17. The van der Waals surface area contributed by atoms with Crippen LogP contribution in [-0.4, -0.2) is 8.32 Å². The first-order valence-electron chi connectivity index (χ1n) is 5.38. The average molecular weight is 255 g/mol. The Hall–Kier alpha value is -0.573. The van der Waals surface area contributed by atoms with E-state index in [1.807, 2.05) is 31.2 Å². The highest BCUT2D eigenvalue weighted by molar-refractivity contribution is 6.69. The molecule has 1 atom stereocenters. The summed E-state index contributed by atoms with van der Waals surface area (Å²) in [5.74, 6) is 0. The van der Waals surface area contributed by atoms with Crippen LogP contribution in [0.2, 0.25) is 24.7 Å². The van der Waals surface area contributed by atoms with Gasteiger partial charge in [-0.15, -0.1) is 0 Å². The largest absolute Gasteiger partial charge is 0.407 e. The van der Waals surface area contributed by atoms with Gasteiger partial charge >= 0.3 is 0 Å². The van der Waals surface area contributed by atoms with Gasteiger partial charge in [0.05, 0.1) is 6.10 Å². The van der Waals surface area contributed by atoms with Crippen LogP contribution in [0.15, 0.2) is 36.4 Å². The van der Waals surface area contributed by atoms with Crippen molar-refractivity contribution >= 4 is 19.9 Å². The summed E-state index contributed by atoms with van der Waals surface area (Å²) in [6.07, 6.45) is -0.0102. The highest BCUT2D eigenvalue weighted by Gasteiger charge is 2.22. The van der Waals surface area contributed by atoms with Gasteiger partial charge in [-0.05, 0) is 49.8 Å². The summed E-state index contributed by atoms with van der Waals surface area (Å²) in [7, 11) is -1.57. The Morgan fingerprint density at radius 1 is 1.25 bits per heavy atom. The maximum Gasteiger partial charge on any atom is 0.185 e. The van der Waals surface area contributed by atoms with Gasteiger partial charge in [-0.25, -0.2) is 0 Å². The van der Waals surface area contributed by atoms with Crippen molar-refractivity contribution in [2.24, 2.45) is 0 Å². The maximum atomic E-state index is 6.12. The van der Waals surface area contributed by atoms with Crippen LogP contribution in [0.3, 0.4) is 0 Å². The van der Waals surface area contributed by atoms with Crippen LogP contribution in [0.4, 0.5) is 0 Å². The standard InChI is InChI=1S/C13H19ClOSi/c1-10(2)13(15-16(3,4)5)11-6-8-12(14)9-7-11/h6-9,13H,1H2,2-5H3. The highest BCUT2D eigenvalue weighted by atomic mass is 35.5. The average Bonchev–Trinajstić information content (AvgIpc) is 2.14. The first kappa shape index (κ1) is 13.5. The molecule has 0 radical (unpaired) electrons. The van der Waals surface area contributed by atoms with Crippen LogP contribution in [-0.2, 0) is 4.43 Å². The molecule has 0 saturated carbocycles. The Kier molecular flexibility index (Phi) is 4.36. The van der Waals surface area contributed by atoms with Crippen LogP contribution >= 0.6 is 11.6 Å². The highest BCUT2D eigenvalue weighted by Crippen LogP contribution is 2.28. The van der Waals surface area contributed by atoms with E-state index in [1.165, 1.54) is 0 Å². The number of hydrogen-bond donors (Lipinski definition) is 0. The van der Waals surface area contributed by atoms with Crippen LogP contribution in [0.5, 0.6) is 0 Å². The predicted octanol–water partition coefficient (Wildman–Crippen LogP) is 4.81. The second-order valence-corrected chi connectivity index (χ2v) is 9.91. The molecule has 0 fully saturated rings. The van der Waals surface area contributed by atoms with Gasteiger partial charge in [0, 0.05) is 5.02 Å². The Bertz CT molecular complexity index is 365. The third-order valence-electron chi connectivity index (χ3n) is 2.09. The van der Waals surface area contributed by atoms with Crippen LogP contribution < -0.4 is 0 Å². The number of benzene rings is 1. The lowest BCUT2D eigenvalue weighted by atomic mass is 10.0. The van der Waals surface area contributed by atoms with E-state index in [0.717, 1.165) is 16.2 Å². The van der Waals surface area contributed by atoms with E-state index in [4.69, 9.17) is 16.0 Å². The SMILES string of the molecule is C=C(C)C(O[Si](C)(C)C)c1ccc(Cl)cc1. The fraction of sp³-hybridized carbons (Fsp3) is 0.385. The van der Waals surface area contributed by atoms with Gasteiger partial charge in [-0.2, -0.15) is 0 Å². The quantitative estimate of drug-likeness (QED) is 0.554. The van der Waals surface area contributed by atoms with Gasteiger partial charge in [0.1, 0.15) is 0 Å². The van der Waals surface area contributed by atoms with Crippen molar-refractivity contribution in [3.8, 4) is 0 Å². The predicted molar refractivity (Wildman–Crippen MR) is 73.4 cm³/mol. The molecule has 0 aliphatic heterocycles. The normalized spacial score (nSPS) is 13.6. The van der Waals surface area contributed by atoms with Crippen LogP contribution in [0, 0.1) is 0 Å². The summed E-state index contributed by atoms with van der Waals surface area (Å²) < 4.78 is 6.12.